The van der Waals surface area contributed by atoms with Crippen molar-refractivity contribution in [2.75, 3.05) is 25.0 Å². The van der Waals surface area contributed by atoms with Crippen LogP contribution in [-0.2, 0) is 16.6 Å². The van der Waals surface area contributed by atoms with Crippen LogP contribution in [0.4, 0.5) is 5.69 Å². The lowest BCUT2D eigenvalue weighted by atomic mass is 10.1. The topological polar surface area (TPSA) is 82.1 Å². The Morgan fingerprint density at radius 2 is 1.51 bits per heavy atom. The van der Waals surface area contributed by atoms with Crippen molar-refractivity contribution in [3.63, 3.8) is 0 Å². The highest BCUT2D eigenvalue weighted by Crippen LogP contribution is 2.18. The first kappa shape index (κ1) is 26.1. The van der Waals surface area contributed by atoms with E-state index in [2.05, 4.69) is 29.3 Å². The molecule has 0 bridgehead atoms. The third kappa shape index (κ3) is 6.77. The van der Waals surface area contributed by atoms with Gasteiger partial charge in [-0.3, -0.25) is 4.79 Å². The van der Waals surface area contributed by atoms with Gasteiger partial charge in [-0.2, -0.15) is 9.41 Å². The fourth-order valence-electron chi connectivity index (χ4n) is 3.58. The number of hydrogen-bond acceptors (Lipinski definition) is 5. The van der Waals surface area contributed by atoms with Crippen molar-refractivity contribution in [3.8, 4) is 0 Å². The molecule has 1 amide bonds. The van der Waals surface area contributed by atoms with E-state index >= 15 is 0 Å². The van der Waals surface area contributed by atoms with Gasteiger partial charge in [0.2, 0.25) is 10.0 Å². The van der Waals surface area contributed by atoms with E-state index in [1.807, 2.05) is 31.2 Å². The summed E-state index contributed by atoms with van der Waals surface area (Å²) in [5.41, 5.74) is 6.77. The third-order valence-electron chi connectivity index (χ3n) is 5.75. The first-order valence-electron chi connectivity index (χ1n) is 11.5. The van der Waals surface area contributed by atoms with Crippen LogP contribution in [0.2, 0.25) is 0 Å². The molecule has 0 saturated heterocycles. The standard InChI is InChI=1S/C27H32N4O3S/c1-5-31(6-2)25-15-11-22(12-16-25)19-28-29-27(32)24-13-9-23(10-14-24)20-30(4)35(33,34)26-17-7-21(3)8-18-26/h7-19H,5-6,20H2,1-4H3,(H,29,32). The molecule has 35 heavy (non-hydrogen) atoms. The number of nitrogens with one attached hydrogen (secondary N) is 1. The summed E-state index contributed by atoms with van der Waals surface area (Å²) >= 11 is 0. The number of carbonyl (C=O) groups is 1. The van der Waals surface area contributed by atoms with Crippen molar-refractivity contribution in [1.82, 2.24) is 9.73 Å². The fraction of sp³-hybridized carbons (Fsp3) is 0.259. The molecule has 3 aromatic carbocycles. The normalized spacial score (nSPS) is 11.7. The van der Waals surface area contributed by atoms with Crippen LogP contribution in [0, 0.1) is 6.92 Å². The Morgan fingerprint density at radius 1 is 0.914 bits per heavy atom. The molecule has 0 aromatic heterocycles. The van der Waals surface area contributed by atoms with Crippen molar-refractivity contribution in [2.24, 2.45) is 5.10 Å². The van der Waals surface area contributed by atoms with Gasteiger partial charge in [0, 0.05) is 37.9 Å². The summed E-state index contributed by atoms with van der Waals surface area (Å²) in [7, 11) is -2.06. The minimum absolute atomic E-state index is 0.194. The predicted molar refractivity (Wildman–Crippen MR) is 141 cm³/mol. The van der Waals surface area contributed by atoms with Crippen molar-refractivity contribution < 1.29 is 13.2 Å². The predicted octanol–water partition coefficient (Wildman–Crippen LogP) is 4.43. The van der Waals surface area contributed by atoms with E-state index in [1.165, 1.54) is 4.31 Å². The maximum Gasteiger partial charge on any atom is 0.271 e. The molecule has 0 radical (unpaired) electrons. The minimum atomic E-state index is -3.60. The lowest BCUT2D eigenvalue weighted by Crippen LogP contribution is -2.26. The number of carbonyl (C=O) groups excluding carboxylic acids is 1. The van der Waals surface area contributed by atoms with E-state index in [-0.39, 0.29) is 17.3 Å². The second-order valence-electron chi connectivity index (χ2n) is 8.23. The Balaban J connectivity index is 1.57. The second kappa shape index (κ2) is 11.8. The lowest BCUT2D eigenvalue weighted by molar-refractivity contribution is 0.0955. The summed E-state index contributed by atoms with van der Waals surface area (Å²) < 4.78 is 26.9. The van der Waals surface area contributed by atoms with Crippen LogP contribution >= 0.6 is 0 Å². The van der Waals surface area contributed by atoms with Crippen LogP contribution in [0.1, 0.15) is 40.9 Å². The average molecular weight is 493 g/mol. The molecule has 0 atom stereocenters. The molecule has 0 saturated carbocycles. The van der Waals surface area contributed by atoms with Gasteiger partial charge in [0.25, 0.3) is 5.91 Å². The highest BCUT2D eigenvalue weighted by atomic mass is 32.2. The Labute approximate surface area is 208 Å². The molecule has 0 aliphatic carbocycles. The van der Waals surface area contributed by atoms with Gasteiger partial charge in [-0.05, 0) is 68.3 Å². The van der Waals surface area contributed by atoms with Crippen LogP contribution in [0.25, 0.3) is 0 Å². The van der Waals surface area contributed by atoms with Crippen LogP contribution in [-0.4, -0.2) is 45.0 Å². The number of sulfonamides is 1. The van der Waals surface area contributed by atoms with Crippen LogP contribution in [0.15, 0.2) is 82.8 Å². The van der Waals surface area contributed by atoms with Gasteiger partial charge in [-0.25, -0.2) is 13.8 Å². The highest BCUT2D eigenvalue weighted by Gasteiger charge is 2.20. The molecule has 3 aromatic rings. The molecule has 0 aliphatic rings. The van der Waals surface area contributed by atoms with E-state index in [0.29, 0.717) is 5.56 Å². The molecular weight excluding hydrogens is 460 g/mol. The molecule has 0 heterocycles. The molecule has 0 unspecified atom stereocenters. The maximum atomic E-state index is 12.8. The van der Waals surface area contributed by atoms with Crippen LogP contribution < -0.4 is 10.3 Å². The van der Waals surface area contributed by atoms with Crippen LogP contribution in [0.5, 0.6) is 0 Å². The number of amides is 1. The molecule has 7 nitrogen and oxygen atoms in total. The number of aryl methyl sites for hydroxylation is 1. The molecule has 8 heteroatoms. The molecule has 1 N–H and O–H groups in total. The summed E-state index contributed by atoms with van der Waals surface area (Å²) in [5, 5.41) is 4.05. The smallest absolute Gasteiger partial charge is 0.271 e. The minimum Gasteiger partial charge on any atom is -0.372 e. The van der Waals surface area contributed by atoms with Gasteiger partial charge in [0.15, 0.2) is 0 Å². The quantitative estimate of drug-likeness (QED) is 0.335. The molecule has 184 valence electrons. The number of rotatable bonds is 10. The van der Waals surface area contributed by atoms with E-state index in [1.54, 1.807) is 61.8 Å². The summed E-state index contributed by atoms with van der Waals surface area (Å²) in [6, 6.07) is 21.5. The zero-order valence-corrected chi connectivity index (χ0v) is 21.4. The van der Waals surface area contributed by atoms with Crippen LogP contribution in [0.3, 0.4) is 0 Å². The summed E-state index contributed by atoms with van der Waals surface area (Å²) in [6.07, 6.45) is 1.60. The summed E-state index contributed by atoms with van der Waals surface area (Å²) in [6.45, 7) is 8.22. The molecule has 3 rings (SSSR count). The molecule has 0 fully saturated rings. The number of anilines is 1. The number of nitrogens with zero attached hydrogens (tertiary/aromatic N) is 3. The lowest BCUT2D eigenvalue weighted by Gasteiger charge is -2.20. The van der Waals surface area contributed by atoms with Crippen molar-refractivity contribution in [2.45, 2.75) is 32.2 Å². The first-order valence-corrected chi connectivity index (χ1v) is 13.0. The SMILES string of the molecule is CCN(CC)c1ccc(C=NNC(=O)c2ccc(CN(C)S(=O)(=O)c3ccc(C)cc3)cc2)cc1. The maximum absolute atomic E-state index is 12.8. The number of hydrazone groups is 1. The largest absolute Gasteiger partial charge is 0.372 e. The highest BCUT2D eigenvalue weighted by molar-refractivity contribution is 7.89. The fourth-order valence-corrected chi connectivity index (χ4v) is 4.74. The second-order valence-corrected chi connectivity index (χ2v) is 10.3. The van der Waals surface area contributed by atoms with Gasteiger partial charge in [-0.1, -0.05) is 42.0 Å². The Hall–Kier alpha value is -3.49. The molecule has 0 spiro atoms. The zero-order chi connectivity index (χ0) is 25.4. The van der Waals surface area contributed by atoms with Crippen molar-refractivity contribution in [3.05, 3.63) is 95.1 Å². The Morgan fingerprint density at radius 3 is 2.09 bits per heavy atom. The summed E-state index contributed by atoms with van der Waals surface area (Å²) in [4.78, 5) is 14.9. The molecular formula is C27H32N4O3S. The summed E-state index contributed by atoms with van der Waals surface area (Å²) in [5.74, 6) is -0.340. The number of benzene rings is 3. The van der Waals surface area contributed by atoms with Gasteiger partial charge in [0.05, 0.1) is 11.1 Å². The Bertz CT molecular complexity index is 1250. The van der Waals surface area contributed by atoms with Gasteiger partial charge in [-0.15, -0.1) is 0 Å². The van der Waals surface area contributed by atoms with Crippen molar-refractivity contribution >= 4 is 27.8 Å². The Kier molecular flexibility index (Phi) is 8.78. The number of hydrogen-bond donors (Lipinski definition) is 1. The van der Waals surface area contributed by atoms with E-state index < -0.39 is 10.0 Å². The average Bonchev–Trinajstić information content (AvgIpc) is 2.86. The van der Waals surface area contributed by atoms with E-state index in [9.17, 15) is 13.2 Å². The van der Waals surface area contributed by atoms with Crippen molar-refractivity contribution in [1.29, 1.82) is 0 Å². The van der Waals surface area contributed by atoms with Gasteiger partial charge < -0.3 is 4.90 Å². The van der Waals surface area contributed by atoms with E-state index in [0.717, 1.165) is 35.5 Å². The monoisotopic (exact) mass is 492 g/mol. The van der Waals surface area contributed by atoms with Gasteiger partial charge >= 0.3 is 0 Å². The first-order chi connectivity index (χ1) is 16.7. The molecule has 0 aliphatic heterocycles. The zero-order valence-electron chi connectivity index (χ0n) is 20.6. The van der Waals surface area contributed by atoms with E-state index in [4.69, 9.17) is 0 Å². The van der Waals surface area contributed by atoms with Gasteiger partial charge in [0.1, 0.15) is 0 Å². The third-order valence-corrected chi connectivity index (χ3v) is 7.57.